The molecule has 5 atom stereocenters. The van der Waals surface area contributed by atoms with Gasteiger partial charge in [0.1, 0.15) is 11.7 Å². The second kappa shape index (κ2) is 16.2. The molecule has 2 rings (SSSR count). The number of ketones is 1. The number of ether oxygens (including phenoxy) is 2. The minimum Gasteiger partial charge on any atom is -1.00 e. The maximum absolute atomic E-state index is 11.3. The molecule has 0 aromatic heterocycles. The summed E-state index contributed by atoms with van der Waals surface area (Å²) in [5, 5.41) is 9.55. The third kappa shape index (κ3) is 10.4. The zero-order chi connectivity index (χ0) is 19.7. The fraction of sp³-hybridized carbons (Fsp3) is 0.812. The molecule has 0 spiro atoms. The molecule has 28 heavy (non-hydrogen) atoms. The largest absolute Gasteiger partial charge is 1.00 e. The summed E-state index contributed by atoms with van der Waals surface area (Å²) < 4.78 is 13.5. The molecule has 155 valence electrons. The Morgan fingerprint density at radius 2 is 1.64 bits per heavy atom. The van der Waals surface area contributed by atoms with Crippen LogP contribution in [-0.2, 0) is 23.9 Å². The van der Waals surface area contributed by atoms with Gasteiger partial charge in [-0.1, -0.05) is 18.8 Å². The maximum Gasteiger partial charge on any atom is 1.00 e. The predicted octanol–water partition coefficient (Wildman–Crippen LogP) is -3.01. The molecule has 0 aromatic rings. The molecule has 8 nitrogen and oxygen atoms in total. The Balaban J connectivity index is -0.000000422. The van der Waals surface area contributed by atoms with Crippen molar-refractivity contribution < 1.29 is 59.9 Å². The Kier molecular flexibility index (Phi) is 17.7. The van der Waals surface area contributed by atoms with Gasteiger partial charge in [-0.3, -0.25) is 23.7 Å². The van der Waals surface area contributed by atoms with Gasteiger partial charge in [0, 0.05) is 41.0 Å². The Bertz CT molecular complexity index is 512. The van der Waals surface area contributed by atoms with Gasteiger partial charge < -0.3 is 16.0 Å². The van der Waals surface area contributed by atoms with Gasteiger partial charge in [-0.2, -0.15) is 0 Å². The monoisotopic (exact) mass is 443 g/mol. The van der Waals surface area contributed by atoms with Gasteiger partial charge in [0.05, 0.1) is 25.2 Å². The number of aliphatic hydroxyl groups is 1. The van der Waals surface area contributed by atoms with E-state index >= 15 is 0 Å². The van der Waals surface area contributed by atoms with E-state index in [0.29, 0.717) is 45.7 Å². The van der Waals surface area contributed by atoms with Crippen LogP contribution in [0.2, 0.25) is 0 Å². The summed E-state index contributed by atoms with van der Waals surface area (Å²) in [5.41, 5.74) is 0. The SMILES string of the molecule is CCOC(=O)C1CN(P)CCC1=O.CCOC(=O)C1CN(P)CCC1O.[B].[H-].[Na+]. The first-order valence-electron chi connectivity index (χ1n) is 8.83. The van der Waals surface area contributed by atoms with E-state index in [2.05, 4.69) is 18.8 Å². The molecule has 2 saturated heterocycles. The Morgan fingerprint density at radius 1 is 1.11 bits per heavy atom. The third-order valence-corrected chi connectivity index (χ3v) is 5.16. The molecular formula is C16H31BN2NaO6P2. The molecule has 1 N–H and O–H groups in total. The van der Waals surface area contributed by atoms with E-state index in [1.165, 1.54) is 0 Å². The Labute approximate surface area is 197 Å². The number of nitrogens with zero attached hydrogens (tertiary/aromatic N) is 2. The molecule has 2 fully saturated rings. The summed E-state index contributed by atoms with van der Waals surface area (Å²) >= 11 is 0. The van der Waals surface area contributed by atoms with E-state index < -0.39 is 12.0 Å². The summed E-state index contributed by atoms with van der Waals surface area (Å²) in [7, 11) is 5.04. The first kappa shape index (κ1) is 30.6. The summed E-state index contributed by atoms with van der Waals surface area (Å²) in [5.74, 6) is -1.64. The van der Waals surface area contributed by atoms with Crippen LogP contribution in [0.25, 0.3) is 0 Å². The normalized spacial score (nSPS) is 25.3. The molecule has 2 aliphatic heterocycles. The van der Waals surface area contributed by atoms with Crippen LogP contribution in [0.4, 0.5) is 0 Å². The van der Waals surface area contributed by atoms with Crippen LogP contribution in [0, 0.1) is 11.8 Å². The number of carbonyl (C=O) groups excluding carboxylic acids is 3. The minimum absolute atomic E-state index is 0. The molecule has 0 aliphatic carbocycles. The molecule has 0 aromatic carbocycles. The number of carbonyl (C=O) groups is 3. The van der Waals surface area contributed by atoms with Crippen molar-refractivity contribution in [3.8, 4) is 0 Å². The van der Waals surface area contributed by atoms with Crippen molar-refractivity contribution in [1.29, 1.82) is 0 Å². The van der Waals surface area contributed by atoms with Gasteiger partial charge in [0.15, 0.2) is 0 Å². The van der Waals surface area contributed by atoms with Crippen molar-refractivity contribution in [2.45, 2.75) is 32.8 Å². The van der Waals surface area contributed by atoms with Crippen molar-refractivity contribution in [3.63, 3.8) is 0 Å². The zero-order valence-corrected chi connectivity index (χ0v) is 21.3. The number of rotatable bonds is 4. The van der Waals surface area contributed by atoms with E-state index in [1.807, 2.05) is 9.34 Å². The van der Waals surface area contributed by atoms with Crippen LogP contribution in [0.1, 0.15) is 28.1 Å². The van der Waals surface area contributed by atoms with E-state index in [9.17, 15) is 19.5 Å². The number of piperidine rings is 2. The molecule has 5 unspecified atom stereocenters. The molecule has 2 heterocycles. The Morgan fingerprint density at radius 3 is 2.21 bits per heavy atom. The van der Waals surface area contributed by atoms with Crippen molar-refractivity contribution >= 4 is 44.9 Å². The van der Waals surface area contributed by atoms with Crippen molar-refractivity contribution in [3.05, 3.63) is 0 Å². The quantitative estimate of drug-likeness (QED) is 0.213. The van der Waals surface area contributed by atoms with Gasteiger partial charge in [0.2, 0.25) is 0 Å². The maximum atomic E-state index is 11.3. The van der Waals surface area contributed by atoms with Gasteiger partial charge in [0.25, 0.3) is 0 Å². The fourth-order valence-electron chi connectivity index (χ4n) is 2.75. The van der Waals surface area contributed by atoms with Gasteiger partial charge >= 0.3 is 41.5 Å². The zero-order valence-electron chi connectivity index (χ0n) is 18.0. The smallest absolute Gasteiger partial charge is 1.00 e. The van der Waals surface area contributed by atoms with Crippen LogP contribution in [0.3, 0.4) is 0 Å². The van der Waals surface area contributed by atoms with Crippen molar-refractivity contribution in [2.24, 2.45) is 11.8 Å². The fourth-order valence-corrected chi connectivity index (χ4v) is 3.47. The number of aliphatic hydroxyl groups excluding tert-OH is 1. The van der Waals surface area contributed by atoms with E-state index in [0.717, 1.165) is 6.54 Å². The number of hydrogen-bond donors (Lipinski definition) is 1. The summed E-state index contributed by atoms with van der Waals surface area (Å²) in [6.45, 7) is 6.75. The number of hydrogen-bond acceptors (Lipinski definition) is 8. The summed E-state index contributed by atoms with van der Waals surface area (Å²) in [6, 6.07) is 0. The van der Waals surface area contributed by atoms with Crippen molar-refractivity contribution in [2.75, 3.05) is 39.4 Å². The van der Waals surface area contributed by atoms with Crippen LogP contribution >= 0.6 is 18.8 Å². The molecule has 0 amide bonds. The number of Topliss-reactive ketones (excluding diaryl/α,β-unsaturated/α-hetero) is 1. The number of esters is 2. The summed E-state index contributed by atoms with van der Waals surface area (Å²) in [4.78, 5) is 33.9. The predicted molar refractivity (Wildman–Crippen MR) is 110 cm³/mol. The molecule has 0 bridgehead atoms. The topological polar surface area (TPSA) is 96.4 Å². The minimum atomic E-state index is -0.578. The first-order valence-corrected chi connectivity index (χ1v) is 9.86. The van der Waals surface area contributed by atoms with E-state index in [-0.39, 0.29) is 63.0 Å². The molecule has 12 heteroatoms. The first-order chi connectivity index (χ1) is 12.3. The van der Waals surface area contributed by atoms with Crippen LogP contribution < -0.4 is 29.6 Å². The summed E-state index contributed by atoms with van der Waals surface area (Å²) in [6.07, 6.45) is 0.524. The molecule has 2 aliphatic rings. The van der Waals surface area contributed by atoms with E-state index in [4.69, 9.17) is 9.47 Å². The third-order valence-electron chi connectivity index (χ3n) is 4.22. The van der Waals surface area contributed by atoms with Gasteiger partial charge in [-0.15, -0.1) is 0 Å². The van der Waals surface area contributed by atoms with Crippen LogP contribution in [0.15, 0.2) is 0 Å². The second-order valence-corrected chi connectivity index (χ2v) is 7.69. The average molecular weight is 443 g/mol. The van der Waals surface area contributed by atoms with Gasteiger partial charge in [-0.25, -0.2) is 0 Å². The van der Waals surface area contributed by atoms with Crippen molar-refractivity contribution in [1.82, 2.24) is 9.34 Å². The molecular weight excluding hydrogens is 412 g/mol. The Hall–Kier alpha value is 0.415. The molecule has 3 radical (unpaired) electrons. The van der Waals surface area contributed by atoms with E-state index in [1.54, 1.807) is 13.8 Å². The van der Waals surface area contributed by atoms with Crippen LogP contribution in [-0.4, -0.2) is 86.1 Å². The molecule has 0 saturated carbocycles. The average Bonchev–Trinajstić information content (AvgIpc) is 2.60. The standard InChI is InChI=1S/C8H16NO3P.C8H14NO3P.B.Na.H/c2*1-2-12-8(11)6-5-9(13)4-3-7(6)10;;;/h6-7,10H,2-5,13H2,1H3;6H,2-5,13H2,1H3;;;/q;;;+1;-1. The second-order valence-electron chi connectivity index (χ2n) is 6.23. The van der Waals surface area contributed by atoms with Crippen LogP contribution in [0.5, 0.6) is 0 Å². The van der Waals surface area contributed by atoms with Gasteiger partial charge in [-0.05, 0) is 20.3 Å².